The zero-order valence-electron chi connectivity index (χ0n) is 15.5. The molecular formula is C22H28N2OS. The first-order valence-corrected chi connectivity index (χ1v) is 10.9. The molecule has 0 unspecified atom stereocenters. The van der Waals surface area contributed by atoms with Gasteiger partial charge >= 0.3 is 0 Å². The molecule has 1 aromatic heterocycles. The average Bonchev–Trinajstić information content (AvgIpc) is 3.08. The van der Waals surface area contributed by atoms with Crippen LogP contribution in [0.3, 0.4) is 0 Å². The van der Waals surface area contributed by atoms with Gasteiger partial charge in [-0.2, -0.15) is 0 Å². The highest BCUT2D eigenvalue weighted by molar-refractivity contribution is 7.11. The Balaban J connectivity index is 1.21. The van der Waals surface area contributed by atoms with Crippen molar-refractivity contribution in [1.82, 2.24) is 10.3 Å². The van der Waals surface area contributed by atoms with Gasteiger partial charge < -0.3 is 5.32 Å². The van der Waals surface area contributed by atoms with E-state index < -0.39 is 0 Å². The van der Waals surface area contributed by atoms with Crippen molar-refractivity contribution in [2.24, 2.45) is 0 Å². The predicted octanol–water partition coefficient (Wildman–Crippen LogP) is 4.19. The van der Waals surface area contributed by atoms with Crippen molar-refractivity contribution in [3.8, 4) is 0 Å². The summed E-state index contributed by atoms with van der Waals surface area (Å²) in [5, 5.41) is 4.33. The highest BCUT2D eigenvalue weighted by atomic mass is 32.1. The van der Waals surface area contributed by atoms with Crippen LogP contribution in [0.2, 0.25) is 0 Å². The molecule has 1 N–H and O–H groups in total. The highest BCUT2D eigenvalue weighted by Gasteiger charge is 2.15. The van der Waals surface area contributed by atoms with Crippen LogP contribution in [0.15, 0.2) is 18.2 Å². The molecule has 0 fully saturated rings. The molecule has 2 aliphatic carbocycles. The van der Waals surface area contributed by atoms with Crippen LogP contribution >= 0.6 is 11.3 Å². The van der Waals surface area contributed by atoms with E-state index in [1.807, 2.05) is 11.3 Å². The Kier molecular flexibility index (Phi) is 5.68. The molecule has 0 atom stereocenters. The Morgan fingerprint density at radius 2 is 1.85 bits per heavy atom. The third-order valence-electron chi connectivity index (χ3n) is 5.56. The molecule has 1 aromatic carbocycles. The van der Waals surface area contributed by atoms with Crippen molar-refractivity contribution in [2.75, 3.05) is 6.54 Å². The molecule has 4 heteroatoms. The molecule has 1 amide bonds. The van der Waals surface area contributed by atoms with Crippen LogP contribution in [0.25, 0.3) is 0 Å². The Hall–Kier alpha value is -1.68. The number of aromatic nitrogens is 1. The summed E-state index contributed by atoms with van der Waals surface area (Å²) in [6, 6.07) is 6.60. The topological polar surface area (TPSA) is 42.0 Å². The van der Waals surface area contributed by atoms with E-state index in [2.05, 4.69) is 23.5 Å². The van der Waals surface area contributed by atoms with Gasteiger partial charge in [-0.25, -0.2) is 4.98 Å². The highest BCUT2D eigenvalue weighted by Crippen LogP contribution is 2.27. The molecule has 0 saturated carbocycles. The molecular weight excluding hydrogens is 340 g/mol. The largest absolute Gasteiger partial charge is 0.356 e. The normalized spacial score (nSPS) is 16.0. The Morgan fingerprint density at radius 1 is 1.04 bits per heavy atom. The van der Waals surface area contributed by atoms with E-state index in [-0.39, 0.29) is 5.91 Å². The quantitative estimate of drug-likeness (QED) is 0.777. The number of rotatable bonds is 6. The van der Waals surface area contributed by atoms with Crippen LogP contribution in [0.4, 0.5) is 0 Å². The number of thiazole rings is 1. The lowest BCUT2D eigenvalue weighted by molar-refractivity contribution is -0.120. The summed E-state index contributed by atoms with van der Waals surface area (Å²) < 4.78 is 0. The Morgan fingerprint density at radius 3 is 2.73 bits per heavy atom. The van der Waals surface area contributed by atoms with Crippen LogP contribution in [-0.4, -0.2) is 17.4 Å². The van der Waals surface area contributed by atoms with Gasteiger partial charge in [0.2, 0.25) is 5.91 Å². The summed E-state index contributed by atoms with van der Waals surface area (Å²) in [6.07, 6.45) is 12.4. The number of nitrogens with one attached hydrogen (secondary N) is 1. The van der Waals surface area contributed by atoms with Gasteiger partial charge in [0.1, 0.15) is 0 Å². The van der Waals surface area contributed by atoms with Crippen molar-refractivity contribution >= 4 is 17.2 Å². The number of fused-ring (bicyclic) bond motifs is 2. The summed E-state index contributed by atoms with van der Waals surface area (Å²) in [5.74, 6) is 0.138. The number of aryl methyl sites for hydroxylation is 5. The molecule has 26 heavy (non-hydrogen) atoms. The minimum atomic E-state index is 0.138. The smallest absolute Gasteiger partial charge is 0.224 e. The fourth-order valence-electron chi connectivity index (χ4n) is 4.12. The van der Waals surface area contributed by atoms with Crippen molar-refractivity contribution in [2.45, 2.75) is 70.6 Å². The number of carbonyl (C=O) groups excluding carboxylic acids is 1. The molecule has 0 radical (unpaired) electrons. The molecule has 1 heterocycles. The first-order valence-electron chi connectivity index (χ1n) is 10.1. The van der Waals surface area contributed by atoms with E-state index in [0.29, 0.717) is 6.42 Å². The second-order valence-corrected chi connectivity index (χ2v) is 8.79. The first-order chi connectivity index (χ1) is 12.8. The van der Waals surface area contributed by atoms with E-state index in [1.165, 1.54) is 71.7 Å². The Bertz CT molecular complexity index is 757. The Labute approximate surface area is 160 Å². The summed E-state index contributed by atoms with van der Waals surface area (Å²) in [5.41, 5.74) is 5.42. The van der Waals surface area contributed by atoms with Crippen molar-refractivity contribution in [3.63, 3.8) is 0 Å². The van der Waals surface area contributed by atoms with E-state index in [4.69, 9.17) is 4.98 Å². The monoisotopic (exact) mass is 368 g/mol. The minimum Gasteiger partial charge on any atom is -0.356 e. The van der Waals surface area contributed by atoms with Gasteiger partial charge in [0, 0.05) is 17.8 Å². The van der Waals surface area contributed by atoms with Crippen LogP contribution in [0, 0.1) is 0 Å². The van der Waals surface area contributed by atoms with Gasteiger partial charge in [-0.15, -0.1) is 11.3 Å². The lowest BCUT2D eigenvalue weighted by Gasteiger charge is -2.16. The van der Waals surface area contributed by atoms with E-state index >= 15 is 0 Å². The molecule has 3 nitrogen and oxygen atoms in total. The van der Waals surface area contributed by atoms with Gasteiger partial charge in [-0.1, -0.05) is 18.2 Å². The summed E-state index contributed by atoms with van der Waals surface area (Å²) in [6.45, 7) is 0.744. The van der Waals surface area contributed by atoms with Crippen LogP contribution in [0.5, 0.6) is 0 Å². The molecule has 0 saturated heterocycles. The number of hydrogen-bond donors (Lipinski definition) is 1. The second kappa shape index (κ2) is 8.34. The van der Waals surface area contributed by atoms with Gasteiger partial charge in [-0.3, -0.25) is 4.79 Å². The lowest BCUT2D eigenvalue weighted by atomic mass is 9.90. The number of nitrogens with zero attached hydrogens (tertiary/aromatic N) is 1. The third-order valence-corrected chi connectivity index (χ3v) is 6.77. The fourth-order valence-corrected chi connectivity index (χ4v) is 5.32. The van der Waals surface area contributed by atoms with E-state index in [9.17, 15) is 4.79 Å². The predicted molar refractivity (Wildman–Crippen MR) is 107 cm³/mol. The van der Waals surface area contributed by atoms with Crippen LogP contribution in [-0.2, 0) is 43.3 Å². The van der Waals surface area contributed by atoms with Gasteiger partial charge in [0.15, 0.2) is 0 Å². The SMILES string of the molecule is O=C(Cc1ccc2c(c1)CCCC2)NCCCc1nc2c(s1)CCCC2. The van der Waals surface area contributed by atoms with E-state index in [0.717, 1.165) is 31.4 Å². The summed E-state index contributed by atoms with van der Waals surface area (Å²) >= 11 is 1.89. The standard InChI is InChI=1S/C22H28N2OS/c25-21(15-16-11-12-17-6-1-2-7-18(17)14-16)23-13-5-10-22-24-19-8-3-4-9-20(19)26-22/h11-12,14H,1-10,13,15H2,(H,23,25). The van der Waals surface area contributed by atoms with Gasteiger partial charge in [-0.05, 0) is 74.5 Å². The van der Waals surface area contributed by atoms with Crippen molar-refractivity contribution in [1.29, 1.82) is 0 Å². The summed E-state index contributed by atoms with van der Waals surface area (Å²) in [7, 11) is 0. The molecule has 0 aliphatic heterocycles. The van der Waals surface area contributed by atoms with E-state index in [1.54, 1.807) is 0 Å². The summed E-state index contributed by atoms with van der Waals surface area (Å²) in [4.78, 5) is 18.5. The van der Waals surface area contributed by atoms with Crippen LogP contribution in [0.1, 0.15) is 64.4 Å². The minimum absolute atomic E-state index is 0.138. The molecule has 2 aliphatic rings. The maximum atomic E-state index is 12.2. The molecule has 0 spiro atoms. The maximum Gasteiger partial charge on any atom is 0.224 e. The van der Waals surface area contributed by atoms with Crippen molar-refractivity contribution in [3.05, 3.63) is 50.5 Å². The van der Waals surface area contributed by atoms with Crippen LogP contribution < -0.4 is 5.32 Å². The third kappa shape index (κ3) is 4.35. The van der Waals surface area contributed by atoms with Crippen molar-refractivity contribution < 1.29 is 4.79 Å². The number of amides is 1. The number of carbonyl (C=O) groups is 1. The average molecular weight is 369 g/mol. The first kappa shape index (κ1) is 17.7. The maximum absolute atomic E-state index is 12.2. The van der Waals surface area contributed by atoms with Gasteiger partial charge in [0.05, 0.1) is 17.1 Å². The van der Waals surface area contributed by atoms with Gasteiger partial charge in [0.25, 0.3) is 0 Å². The number of benzene rings is 1. The molecule has 4 rings (SSSR count). The lowest BCUT2D eigenvalue weighted by Crippen LogP contribution is -2.26. The molecule has 2 aromatic rings. The molecule has 0 bridgehead atoms. The molecule has 138 valence electrons. The zero-order chi connectivity index (χ0) is 17.8. The zero-order valence-corrected chi connectivity index (χ0v) is 16.3. The fraction of sp³-hybridized carbons (Fsp3) is 0.545. The number of hydrogen-bond acceptors (Lipinski definition) is 3. The second-order valence-electron chi connectivity index (χ2n) is 7.63.